The van der Waals surface area contributed by atoms with Crippen molar-refractivity contribution in [2.45, 2.75) is 279 Å². The number of hydrogen-bond donors (Lipinski definition) is 24. The maximum absolute atomic E-state index is 15.1. The van der Waals surface area contributed by atoms with Crippen molar-refractivity contribution in [2.75, 3.05) is 64.4 Å². The summed E-state index contributed by atoms with van der Waals surface area (Å²) >= 11 is 1.43. The second-order valence-electron chi connectivity index (χ2n) is 34.6. The van der Waals surface area contributed by atoms with Gasteiger partial charge in [0.1, 0.15) is 90.6 Å². The first-order valence-corrected chi connectivity index (χ1v) is 47.1. The van der Waals surface area contributed by atoms with Gasteiger partial charge in [0.05, 0.1) is 13.0 Å². The van der Waals surface area contributed by atoms with E-state index in [1.165, 1.54) is 28.5 Å². The molecular weight excluding hydrogens is 1760 g/mol. The number of amides is 16. The molecule has 0 aliphatic carbocycles. The minimum absolute atomic E-state index is 0.00553. The standard InChI is InChI=1S/C88H140N24O21S/c1-50(2)44-61(104-74(121)58(29-18-39-97-88(94)95)101-76(123)59(35-43-134-6)98-52(5)114)77(124)102-57(28-17-38-96-87(92)93)73(120)100-56(26-13-15-36-89)75(122)108-65(45-51(3)4)85(132)110-40-19-30-67(110)83(130)107-64(48-71(117)118)80(127)109-66(49-113)81(128)106-63(47-54-24-11-8-12-25-54)79(126)105-62(46-53-22-9-7-10-23-53)78(125)103-60(27-14-16-37-90)84(131)112-42-21-32-69(112)86(133)111-41-20-31-68(111)82(129)99-55(72(91)119)33-34-70(115)116/h7-12,22-25,50-51,55-69,113H,13-21,26-49,89-90H2,1-6H3,(H2,91,119)(H,98,114)(H,99,129)(H,100,120)(H,101,123)(H,102,124)(H,103,125)(H,104,121)(H,105,126)(H,106,128)(H,107,130)(H,108,122)(H,109,127)(H,115,116)(H,117,118)(H4,92,93,96)(H4,94,95,97)/t55-,56-,57-,58-,59-,60-,61-,62-,63-,64-,65-,66-,67-,68-,69-/m0/s1. The Morgan fingerprint density at radius 2 is 0.769 bits per heavy atom. The molecule has 5 rings (SSSR count). The number of carbonyl (C=O) groups excluding carboxylic acids is 16. The van der Waals surface area contributed by atoms with Gasteiger partial charge in [-0.1, -0.05) is 88.4 Å². The molecule has 0 saturated carbocycles. The number of hydrogen-bond acceptors (Lipinski definition) is 24. The quantitative estimate of drug-likeness (QED) is 0.0169. The van der Waals surface area contributed by atoms with Crippen LogP contribution in [0.3, 0.4) is 0 Å². The summed E-state index contributed by atoms with van der Waals surface area (Å²) in [7, 11) is 0. The molecule has 45 nitrogen and oxygen atoms in total. The molecular formula is C88H140N24O21S. The van der Waals surface area contributed by atoms with Gasteiger partial charge in [0, 0.05) is 58.9 Å². The van der Waals surface area contributed by atoms with E-state index in [1.807, 2.05) is 6.26 Å². The molecule has 46 heteroatoms. The molecule has 2 aromatic rings. The second-order valence-corrected chi connectivity index (χ2v) is 35.6. The molecule has 16 amide bonds. The van der Waals surface area contributed by atoms with E-state index in [4.69, 9.17) is 39.5 Å². The minimum Gasteiger partial charge on any atom is -0.481 e. The van der Waals surface area contributed by atoms with E-state index in [9.17, 15) is 87.2 Å². The fraction of sp³-hybridized carbons (Fsp3) is 0.636. The Hall–Kier alpha value is -12.3. The summed E-state index contributed by atoms with van der Waals surface area (Å²) in [5.74, 6) is -17.4. The number of unbranched alkanes of at least 4 members (excludes halogenated alkanes) is 2. The van der Waals surface area contributed by atoms with Gasteiger partial charge in [0.2, 0.25) is 94.5 Å². The van der Waals surface area contributed by atoms with Crippen molar-refractivity contribution in [1.82, 2.24) is 89.1 Å². The molecule has 744 valence electrons. The van der Waals surface area contributed by atoms with Gasteiger partial charge in [-0.2, -0.15) is 11.8 Å². The summed E-state index contributed by atoms with van der Waals surface area (Å²) in [6.07, 6.45) is 2.20. The molecule has 29 N–H and O–H groups in total. The Balaban J connectivity index is 1.37. The number of aliphatic hydroxyl groups is 1. The highest BCUT2D eigenvalue weighted by molar-refractivity contribution is 7.98. The van der Waals surface area contributed by atoms with Crippen LogP contribution in [0.4, 0.5) is 0 Å². The van der Waals surface area contributed by atoms with Crippen LogP contribution in [0.15, 0.2) is 60.7 Å². The van der Waals surface area contributed by atoms with E-state index in [0.29, 0.717) is 49.0 Å². The Bertz CT molecular complexity index is 4310. The van der Waals surface area contributed by atoms with Crippen LogP contribution in [0.25, 0.3) is 0 Å². The SMILES string of the molecule is CSCC[C@H](NC(C)=O)C(=O)N[C@@H](CCCNC(=N)N)C(=O)N[C@@H](CC(C)C)C(=O)N[C@@H](CCCNC(=N)N)C(=O)N[C@@H](CCCCN)C(=O)N[C@@H](CC(C)C)C(=O)N1CCC[C@H]1C(=O)N[C@@H](CC(=O)O)C(=O)N[C@@H](CO)C(=O)N[C@@H](Cc1ccccc1)C(=O)N[C@@H](Cc1ccccc1)C(=O)N[C@@H](CCCCN)C(=O)N1CCC[C@H]1C(=O)N1CCC[C@H]1C(=O)N[C@@H](CCC(=O)O)C(N)=O. The molecule has 0 unspecified atom stereocenters. The number of nitrogens with two attached hydrogens (primary N) is 5. The number of primary amides is 1. The smallest absolute Gasteiger partial charge is 0.305 e. The lowest BCUT2D eigenvalue weighted by molar-refractivity contribution is -0.148. The fourth-order valence-electron chi connectivity index (χ4n) is 16.0. The van der Waals surface area contributed by atoms with Crippen LogP contribution in [0.1, 0.15) is 187 Å². The van der Waals surface area contributed by atoms with Gasteiger partial charge in [-0.3, -0.25) is 97.1 Å². The monoisotopic (exact) mass is 1900 g/mol. The van der Waals surface area contributed by atoms with Gasteiger partial charge >= 0.3 is 11.9 Å². The Morgan fingerprint density at radius 1 is 0.410 bits per heavy atom. The normalized spacial score (nSPS) is 17.3. The molecule has 3 heterocycles. The first-order chi connectivity index (χ1) is 63.7. The largest absolute Gasteiger partial charge is 0.481 e. The highest BCUT2D eigenvalue weighted by Gasteiger charge is 2.47. The number of likely N-dealkylation sites (tertiary alicyclic amines) is 3. The highest BCUT2D eigenvalue weighted by atomic mass is 32.2. The fourth-order valence-corrected chi connectivity index (χ4v) is 16.4. The molecule has 3 saturated heterocycles. The average molecular weight is 1900 g/mol. The van der Waals surface area contributed by atoms with Crippen molar-refractivity contribution in [2.24, 2.45) is 40.5 Å². The van der Waals surface area contributed by atoms with Crippen LogP contribution >= 0.6 is 11.8 Å². The Morgan fingerprint density at radius 3 is 1.20 bits per heavy atom. The van der Waals surface area contributed by atoms with Gasteiger partial charge < -0.3 is 133 Å². The second kappa shape index (κ2) is 58.6. The van der Waals surface area contributed by atoms with Crippen LogP contribution in [-0.2, 0) is 99.1 Å². The molecule has 3 aliphatic rings. The number of guanidine groups is 2. The Labute approximate surface area is 784 Å². The van der Waals surface area contributed by atoms with E-state index in [2.05, 4.69) is 74.4 Å². The van der Waals surface area contributed by atoms with Crippen molar-refractivity contribution in [1.29, 1.82) is 10.8 Å². The van der Waals surface area contributed by atoms with Gasteiger partial charge in [-0.05, 0) is 176 Å². The highest BCUT2D eigenvalue weighted by Crippen LogP contribution is 2.28. The number of aliphatic hydroxyl groups excluding tert-OH is 1. The van der Waals surface area contributed by atoms with Gasteiger partial charge in [-0.15, -0.1) is 0 Å². The third-order valence-corrected chi connectivity index (χ3v) is 23.5. The maximum Gasteiger partial charge on any atom is 0.305 e. The zero-order chi connectivity index (χ0) is 99.3. The summed E-state index contributed by atoms with van der Waals surface area (Å²) in [4.78, 5) is 257. The molecule has 0 bridgehead atoms. The number of benzene rings is 2. The van der Waals surface area contributed by atoms with E-state index in [-0.39, 0.29) is 173 Å². The van der Waals surface area contributed by atoms with Crippen molar-refractivity contribution in [3.05, 3.63) is 71.8 Å². The van der Waals surface area contributed by atoms with Gasteiger partial charge in [0.15, 0.2) is 11.9 Å². The predicted molar refractivity (Wildman–Crippen MR) is 495 cm³/mol. The number of nitrogens with zero attached hydrogens (tertiary/aromatic N) is 3. The molecule has 0 aromatic heterocycles. The van der Waals surface area contributed by atoms with Crippen LogP contribution in [0.2, 0.25) is 0 Å². The van der Waals surface area contributed by atoms with Crippen molar-refractivity contribution in [3.63, 3.8) is 0 Å². The zero-order valence-electron chi connectivity index (χ0n) is 77.2. The number of carboxylic acids is 2. The van der Waals surface area contributed by atoms with Crippen LogP contribution in [-0.4, -0.2) is 303 Å². The van der Waals surface area contributed by atoms with Gasteiger partial charge in [0.25, 0.3) is 0 Å². The lowest BCUT2D eigenvalue weighted by Gasteiger charge is -2.33. The molecule has 3 fully saturated rings. The zero-order valence-corrected chi connectivity index (χ0v) is 78.1. The molecule has 0 radical (unpaired) electrons. The number of carboxylic acid groups (broad SMARTS) is 2. The molecule has 0 spiro atoms. The van der Waals surface area contributed by atoms with Crippen LogP contribution < -0.4 is 103 Å². The summed E-state index contributed by atoms with van der Waals surface area (Å²) in [5.41, 5.74) is 29.4. The van der Waals surface area contributed by atoms with Crippen molar-refractivity contribution in [3.8, 4) is 0 Å². The number of carbonyl (C=O) groups is 18. The van der Waals surface area contributed by atoms with E-state index in [0.717, 1.165) is 4.90 Å². The van der Waals surface area contributed by atoms with E-state index < -0.39 is 222 Å². The summed E-state index contributed by atoms with van der Waals surface area (Å²) in [6.45, 7) is 7.73. The van der Waals surface area contributed by atoms with E-state index in [1.54, 1.807) is 88.4 Å². The van der Waals surface area contributed by atoms with Crippen molar-refractivity contribution >= 4 is 130 Å². The summed E-state index contributed by atoms with van der Waals surface area (Å²) < 4.78 is 0. The third kappa shape index (κ3) is 38.7. The maximum atomic E-state index is 15.1. The summed E-state index contributed by atoms with van der Waals surface area (Å²) in [6, 6.07) is -4.74. The summed E-state index contributed by atoms with van der Waals surface area (Å²) in [5, 5.41) is 82.4. The topological polar surface area (TPSA) is 724 Å². The van der Waals surface area contributed by atoms with Gasteiger partial charge in [-0.25, -0.2) is 0 Å². The third-order valence-electron chi connectivity index (χ3n) is 22.8. The predicted octanol–water partition coefficient (Wildman–Crippen LogP) is -4.27. The lowest BCUT2D eigenvalue weighted by Crippen LogP contribution is -2.61. The molecule has 3 aliphatic heterocycles. The number of rotatable bonds is 60. The Kier molecular flexibility index (Phi) is 49.1. The van der Waals surface area contributed by atoms with Crippen LogP contribution in [0.5, 0.6) is 0 Å². The first-order valence-electron chi connectivity index (χ1n) is 45.7. The molecule has 2 aromatic carbocycles. The van der Waals surface area contributed by atoms with Crippen molar-refractivity contribution < 1.29 is 102 Å². The first kappa shape index (κ1) is 112. The number of aliphatic carboxylic acids is 2. The molecule has 15 atom stereocenters. The number of nitrogens with one attached hydrogen (secondary N) is 16. The number of thioether (sulfide) groups is 1. The van der Waals surface area contributed by atoms with E-state index >= 15 is 14.4 Å². The lowest BCUT2D eigenvalue weighted by atomic mass is 10.00. The average Bonchev–Trinajstić information content (AvgIpc) is 1.65. The minimum atomic E-state index is -2.01. The molecule has 134 heavy (non-hydrogen) atoms. The van der Waals surface area contributed by atoms with Crippen LogP contribution in [0, 0.1) is 22.7 Å².